The fraction of sp³-hybridized carbons (Fsp3) is 0.471. The molecule has 1 heterocycles. The number of hydrogen-bond donors (Lipinski definition) is 1. The van der Waals surface area contributed by atoms with Crippen LogP contribution in [-0.2, 0) is 4.79 Å². The van der Waals surface area contributed by atoms with Crippen molar-refractivity contribution in [3.05, 3.63) is 35.5 Å². The number of carbonyl (C=O) groups excluding carboxylic acids is 1. The number of para-hydroxylation sites is 1. The summed E-state index contributed by atoms with van der Waals surface area (Å²) in [6.45, 7) is 1.93. The second kappa shape index (κ2) is 6.10. The molecule has 4 heteroatoms. The molecule has 1 aliphatic rings. The van der Waals surface area contributed by atoms with Gasteiger partial charge in [-0.3, -0.25) is 4.79 Å². The molecule has 0 aliphatic heterocycles. The highest BCUT2D eigenvalue weighted by Gasteiger charge is 2.21. The van der Waals surface area contributed by atoms with E-state index in [-0.39, 0.29) is 11.9 Å². The van der Waals surface area contributed by atoms with Crippen LogP contribution in [0.1, 0.15) is 45.1 Å². The van der Waals surface area contributed by atoms with E-state index in [1.165, 1.54) is 19.3 Å². The highest BCUT2D eigenvalue weighted by Crippen LogP contribution is 2.27. The third-order valence-electron chi connectivity index (χ3n) is 4.44. The molecule has 3 rings (SSSR count). The van der Waals surface area contributed by atoms with Crippen LogP contribution in [0, 0.1) is 0 Å². The summed E-state index contributed by atoms with van der Waals surface area (Å²) < 4.78 is 1.97. The van der Waals surface area contributed by atoms with E-state index in [2.05, 4.69) is 5.32 Å². The Kier molecular flexibility index (Phi) is 4.20. The molecular weight excluding hydrogens is 284 g/mol. The van der Waals surface area contributed by atoms with Crippen molar-refractivity contribution in [2.24, 2.45) is 0 Å². The summed E-state index contributed by atoms with van der Waals surface area (Å²) in [5.74, 6) is 0.0827. The summed E-state index contributed by atoms with van der Waals surface area (Å²) in [7, 11) is 0. The Morgan fingerprint density at radius 3 is 2.81 bits per heavy atom. The van der Waals surface area contributed by atoms with Crippen LogP contribution in [0.2, 0.25) is 5.02 Å². The number of halogens is 1. The number of aromatic nitrogens is 1. The van der Waals surface area contributed by atoms with Crippen LogP contribution < -0.4 is 5.32 Å². The van der Waals surface area contributed by atoms with E-state index in [0.29, 0.717) is 11.1 Å². The lowest BCUT2D eigenvalue weighted by Crippen LogP contribution is -2.39. The largest absolute Gasteiger partial charge is 0.352 e. The Morgan fingerprint density at radius 2 is 2.05 bits per heavy atom. The summed E-state index contributed by atoms with van der Waals surface area (Å²) in [6, 6.07) is 7.92. The average Bonchev–Trinajstić information content (AvgIpc) is 2.93. The summed E-state index contributed by atoms with van der Waals surface area (Å²) >= 11 is 6.29. The first-order valence-corrected chi connectivity index (χ1v) is 8.10. The third-order valence-corrected chi connectivity index (χ3v) is 4.74. The molecule has 2 aromatic rings. The predicted octanol–water partition coefficient (Wildman–Crippen LogP) is 4.30. The third kappa shape index (κ3) is 2.93. The summed E-state index contributed by atoms with van der Waals surface area (Å²) in [5, 5.41) is 4.95. The lowest BCUT2D eigenvalue weighted by atomic mass is 9.95. The fourth-order valence-electron chi connectivity index (χ4n) is 3.19. The van der Waals surface area contributed by atoms with E-state index in [0.717, 1.165) is 23.7 Å². The first-order chi connectivity index (χ1) is 10.2. The van der Waals surface area contributed by atoms with Gasteiger partial charge in [-0.15, -0.1) is 0 Å². The first-order valence-electron chi connectivity index (χ1n) is 7.72. The zero-order chi connectivity index (χ0) is 14.8. The number of rotatable bonds is 3. The van der Waals surface area contributed by atoms with Crippen molar-refractivity contribution in [2.75, 3.05) is 0 Å². The molecule has 3 nitrogen and oxygen atoms in total. The van der Waals surface area contributed by atoms with Gasteiger partial charge < -0.3 is 9.88 Å². The van der Waals surface area contributed by atoms with E-state index in [1.54, 1.807) is 0 Å². The van der Waals surface area contributed by atoms with E-state index < -0.39 is 0 Å². The molecule has 1 saturated carbocycles. The van der Waals surface area contributed by atoms with Crippen LogP contribution in [0.5, 0.6) is 0 Å². The minimum absolute atomic E-state index is 0.0827. The van der Waals surface area contributed by atoms with E-state index in [9.17, 15) is 4.79 Å². The number of carbonyl (C=O) groups is 1. The van der Waals surface area contributed by atoms with Gasteiger partial charge in [-0.05, 0) is 31.9 Å². The van der Waals surface area contributed by atoms with E-state index in [1.807, 2.05) is 42.0 Å². The molecule has 1 aromatic carbocycles. The Bertz CT molecular complexity index is 643. The summed E-state index contributed by atoms with van der Waals surface area (Å²) in [6.07, 6.45) is 7.88. The van der Waals surface area contributed by atoms with Crippen molar-refractivity contribution >= 4 is 28.4 Å². The van der Waals surface area contributed by atoms with Crippen molar-refractivity contribution < 1.29 is 4.79 Å². The second-order valence-corrected chi connectivity index (χ2v) is 6.33. The maximum absolute atomic E-state index is 12.5. The fourth-order valence-corrected chi connectivity index (χ4v) is 3.47. The van der Waals surface area contributed by atoms with Crippen LogP contribution in [-0.4, -0.2) is 16.5 Å². The molecule has 0 bridgehead atoms. The molecule has 0 saturated heterocycles. The number of fused-ring (bicyclic) bond motifs is 1. The van der Waals surface area contributed by atoms with E-state index in [4.69, 9.17) is 11.6 Å². The lowest BCUT2D eigenvalue weighted by Gasteiger charge is -2.25. The van der Waals surface area contributed by atoms with Gasteiger partial charge in [-0.1, -0.05) is 43.0 Å². The molecule has 0 spiro atoms. The molecule has 21 heavy (non-hydrogen) atoms. The molecule has 1 aromatic heterocycles. The van der Waals surface area contributed by atoms with Crippen molar-refractivity contribution in [1.29, 1.82) is 0 Å². The van der Waals surface area contributed by atoms with Gasteiger partial charge in [0.25, 0.3) is 0 Å². The van der Waals surface area contributed by atoms with Crippen molar-refractivity contribution in [2.45, 2.75) is 51.1 Å². The molecule has 1 amide bonds. The van der Waals surface area contributed by atoms with Crippen LogP contribution in [0.4, 0.5) is 0 Å². The normalized spacial score (nSPS) is 17.8. The number of nitrogens with zero attached hydrogens (tertiary/aromatic N) is 1. The SMILES string of the molecule is CC(C(=O)NC1CCCCC1)n1ccc2cccc(Cl)c21. The Labute approximate surface area is 130 Å². The molecule has 112 valence electrons. The number of benzene rings is 1. The first kappa shape index (κ1) is 14.5. The molecular formula is C17H21ClN2O. The molecule has 1 atom stereocenters. The van der Waals surface area contributed by atoms with Crippen LogP contribution >= 0.6 is 11.6 Å². The van der Waals surface area contributed by atoms with Crippen LogP contribution in [0.25, 0.3) is 10.9 Å². The molecule has 0 radical (unpaired) electrons. The van der Waals surface area contributed by atoms with Crippen LogP contribution in [0.15, 0.2) is 30.5 Å². The number of amides is 1. The Hall–Kier alpha value is -1.48. The topological polar surface area (TPSA) is 34.0 Å². The van der Waals surface area contributed by atoms with Gasteiger partial charge in [0.05, 0.1) is 10.5 Å². The van der Waals surface area contributed by atoms with Gasteiger partial charge in [0.1, 0.15) is 6.04 Å². The standard InChI is InChI=1S/C17H21ClN2O/c1-12(17(21)19-14-7-3-2-4-8-14)20-11-10-13-6-5-9-15(18)16(13)20/h5-6,9-12,14H,2-4,7-8H2,1H3,(H,19,21). The number of hydrogen-bond acceptors (Lipinski definition) is 1. The zero-order valence-electron chi connectivity index (χ0n) is 12.3. The molecule has 1 aliphatic carbocycles. The zero-order valence-corrected chi connectivity index (χ0v) is 13.1. The number of nitrogens with one attached hydrogen (secondary N) is 1. The minimum atomic E-state index is -0.246. The van der Waals surface area contributed by atoms with Gasteiger partial charge in [0.2, 0.25) is 5.91 Å². The highest BCUT2D eigenvalue weighted by molar-refractivity contribution is 6.35. The molecule has 1 fully saturated rings. The maximum Gasteiger partial charge on any atom is 0.242 e. The highest BCUT2D eigenvalue weighted by atomic mass is 35.5. The van der Waals surface area contributed by atoms with Crippen molar-refractivity contribution in [3.8, 4) is 0 Å². The summed E-state index contributed by atoms with van der Waals surface area (Å²) in [4.78, 5) is 12.5. The molecule has 1 unspecified atom stereocenters. The Balaban J connectivity index is 1.79. The van der Waals surface area contributed by atoms with Gasteiger partial charge in [0, 0.05) is 17.6 Å². The maximum atomic E-state index is 12.5. The second-order valence-electron chi connectivity index (χ2n) is 5.92. The monoisotopic (exact) mass is 304 g/mol. The van der Waals surface area contributed by atoms with E-state index >= 15 is 0 Å². The summed E-state index contributed by atoms with van der Waals surface area (Å²) in [5.41, 5.74) is 0.936. The van der Waals surface area contributed by atoms with Crippen LogP contribution in [0.3, 0.4) is 0 Å². The van der Waals surface area contributed by atoms with Gasteiger partial charge in [-0.2, -0.15) is 0 Å². The van der Waals surface area contributed by atoms with Gasteiger partial charge in [0.15, 0.2) is 0 Å². The smallest absolute Gasteiger partial charge is 0.242 e. The quantitative estimate of drug-likeness (QED) is 0.901. The van der Waals surface area contributed by atoms with Crippen molar-refractivity contribution in [1.82, 2.24) is 9.88 Å². The lowest BCUT2D eigenvalue weighted by molar-refractivity contribution is -0.124. The van der Waals surface area contributed by atoms with Gasteiger partial charge in [-0.25, -0.2) is 0 Å². The minimum Gasteiger partial charge on any atom is -0.352 e. The van der Waals surface area contributed by atoms with Crippen molar-refractivity contribution in [3.63, 3.8) is 0 Å². The molecule has 1 N–H and O–H groups in total. The Morgan fingerprint density at radius 1 is 1.29 bits per heavy atom. The predicted molar refractivity (Wildman–Crippen MR) is 86.7 cm³/mol. The van der Waals surface area contributed by atoms with Gasteiger partial charge >= 0.3 is 0 Å². The average molecular weight is 305 g/mol.